The lowest BCUT2D eigenvalue weighted by molar-refractivity contribution is -0.116. The van der Waals surface area contributed by atoms with Gasteiger partial charge in [0.25, 0.3) is 5.56 Å². The molecule has 0 fully saturated rings. The van der Waals surface area contributed by atoms with Crippen LogP contribution < -0.4 is 20.3 Å². The molecule has 0 atom stereocenters. The van der Waals surface area contributed by atoms with E-state index in [1.54, 1.807) is 42.0 Å². The normalized spacial score (nSPS) is 11.1. The number of ether oxygens (including phenoxy) is 2. The highest BCUT2D eigenvalue weighted by molar-refractivity contribution is 6.06. The first-order chi connectivity index (χ1) is 17.5. The van der Waals surface area contributed by atoms with Crippen LogP contribution in [-0.4, -0.2) is 34.2 Å². The Hall–Kier alpha value is -4.66. The van der Waals surface area contributed by atoms with Gasteiger partial charge >= 0.3 is 0 Å². The minimum atomic E-state index is -0.454. The van der Waals surface area contributed by atoms with Crippen LogP contribution in [0.4, 0.5) is 10.1 Å². The Labute approximate surface area is 205 Å². The van der Waals surface area contributed by atoms with Crippen LogP contribution in [0.2, 0.25) is 0 Å². The number of fused-ring (bicyclic) bond motifs is 3. The van der Waals surface area contributed by atoms with Crippen molar-refractivity contribution < 1.29 is 18.7 Å². The molecular formula is C27H23FN4O4. The summed E-state index contributed by atoms with van der Waals surface area (Å²) in [7, 11) is 3.10. The van der Waals surface area contributed by atoms with Crippen molar-refractivity contribution in [3.63, 3.8) is 0 Å². The predicted octanol–water partition coefficient (Wildman–Crippen LogP) is 4.19. The maximum absolute atomic E-state index is 14.1. The number of nitrogens with zero attached hydrogens (tertiary/aromatic N) is 3. The fourth-order valence-corrected chi connectivity index (χ4v) is 4.26. The van der Waals surface area contributed by atoms with Crippen molar-refractivity contribution in [1.82, 2.24) is 14.1 Å². The van der Waals surface area contributed by atoms with Crippen LogP contribution in [0.3, 0.4) is 0 Å². The van der Waals surface area contributed by atoms with Crippen molar-refractivity contribution in [2.24, 2.45) is 0 Å². The third kappa shape index (κ3) is 4.26. The highest BCUT2D eigenvalue weighted by Crippen LogP contribution is 2.27. The van der Waals surface area contributed by atoms with Gasteiger partial charge in [0.1, 0.15) is 34.9 Å². The first kappa shape index (κ1) is 23.1. The summed E-state index contributed by atoms with van der Waals surface area (Å²) in [5.74, 6) is 0.401. The lowest BCUT2D eigenvalue weighted by Crippen LogP contribution is -2.25. The molecule has 0 unspecified atom stereocenters. The van der Waals surface area contributed by atoms with Gasteiger partial charge in [-0.1, -0.05) is 24.3 Å². The zero-order valence-corrected chi connectivity index (χ0v) is 19.7. The topological polar surface area (TPSA) is 87.4 Å². The number of nitrogens with one attached hydrogen (secondary N) is 1. The van der Waals surface area contributed by atoms with E-state index in [-0.39, 0.29) is 30.1 Å². The molecule has 8 nitrogen and oxygen atoms in total. The Morgan fingerprint density at radius 2 is 1.81 bits per heavy atom. The molecule has 182 valence electrons. The molecule has 5 aromatic rings. The summed E-state index contributed by atoms with van der Waals surface area (Å²) in [6.07, 6.45) is 1.44. The molecule has 0 radical (unpaired) electrons. The molecule has 0 saturated heterocycles. The van der Waals surface area contributed by atoms with E-state index in [1.807, 2.05) is 24.3 Å². The van der Waals surface area contributed by atoms with E-state index in [0.29, 0.717) is 33.6 Å². The van der Waals surface area contributed by atoms with Crippen molar-refractivity contribution in [2.45, 2.75) is 13.1 Å². The molecule has 0 bridgehead atoms. The van der Waals surface area contributed by atoms with Gasteiger partial charge in [0.2, 0.25) is 5.91 Å². The van der Waals surface area contributed by atoms with E-state index in [9.17, 15) is 14.0 Å². The second-order valence-corrected chi connectivity index (χ2v) is 8.22. The van der Waals surface area contributed by atoms with Crippen LogP contribution in [0.25, 0.3) is 21.9 Å². The molecule has 0 spiro atoms. The lowest BCUT2D eigenvalue weighted by atomic mass is 10.2. The number of methoxy groups -OCH3 is 2. The number of carbonyl (C=O) groups is 1. The Morgan fingerprint density at radius 3 is 2.56 bits per heavy atom. The van der Waals surface area contributed by atoms with Crippen LogP contribution in [0.1, 0.15) is 5.56 Å². The lowest BCUT2D eigenvalue weighted by Gasteiger charge is -2.12. The number of aromatic nitrogens is 3. The smallest absolute Gasteiger partial charge is 0.278 e. The summed E-state index contributed by atoms with van der Waals surface area (Å²) in [5.41, 5.74) is 2.15. The van der Waals surface area contributed by atoms with Gasteiger partial charge in [0, 0.05) is 5.39 Å². The monoisotopic (exact) mass is 486 g/mol. The Kier molecular flexibility index (Phi) is 6.12. The second kappa shape index (κ2) is 9.53. The second-order valence-electron chi connectivity index (χ2n) is 8.22. The van der Waals surface area contributed by atoms with Crippen LogP contribution in [0.5, 0.6) is 11.5 Å². The van der Waals surface area contributed by atoms with Gasteiger partial charge in [-0.3, -0.25) is 14.2 Å². The van der Waals surface area contributed by atoms with E-state index in [4.69, 9.17) is 9.47 Å². The van der Waals surface area contributed by atoms with E-state index < -0.39 is 5.82 Å². The highest BCUT2D eigenvalue weighted by atomic mass is 19.1. The molecule has 2 heterocycles. The summed E-state index contributed by atoms with van der Waals surface area (Å²) in [5, 5.41) is 3.29. The van der Waals surface area contributed by atoms with Crippen LogP contribution >= 0.6 is 0 Å². The Morgan fingerprint density at radius 1 is 1.03 bits per heavy atom. The fraction of sp³-hybridized carbons (Fsp3) is 0.148. The number of anilines is 1. The van der Waals surface area contributed by atoms with Crippen molar-refractivity contribution in [3.05, 3.63) is 94.8 Å². The van der Waals surface area contributed by atoms with E-state index in [0.717, 1.165) is 5.56 Å². The number of benzene rings is 3. The van der Waals surface area contributed by atoms with Gasteiger partial charge in [0.15, 0.2) is 0 Å². The summed E-state index contributed by atoms with van der Waals surface area (Å²) < 4.78 is 27.7. The van der Waals surface area contributed by atoms with Gasteiger partial charge in [-0.05, 0) is 48.0 Å². The highest BCUT2D eigenvalue weighted by Gasteiger charge is 2.19. The van der Waals surface area contributed by atoms with Gasteiger partial charge in [0.05, 0.1) is 38.3 Å². The van der Waals surface area contributed by atoms with Crippen molar-refractivity contribution in [2.75, 3.05) is 19.5 Å². The molecule has 1 N–H and O–H groups in total. The zero-order chi connectivity index (χ0) is 25.2. The van der Waals surface area contributed by atoms with Crippen molar-refractivity contribution >= 4 is 33.5 Å². The summed E-state index contributed by atoms with van der Waals surface area (Å²) in [6.45, 7) is 0.0994. The minimum Gasteiger partial charge on any atom is -0.497 e. The molecule has 9 heteroatoms. The largest absolute Gasteiger partial charge is 0.497 e. The van der Waals surface area contributed by atoms with Crippen LogP contribution in [0.15, 0.2) is 77.9 Å². The van der Waals surface area contributed by atoms with Crippen LogP contribution in [-0.2, 0) is 17.9 Å². The van der Waals surface area contributed by atoms with Gasteiger partial charge in [-0.15, -0.1) is 0 Å². The Bertz CT molecular complexity index is 1640. The number of hydrogen-bond acceptors (Lipinski definition) is 5. The fourth-order valence-electron chi connectivity index (χ4n) is 4.26. The first-order valence-corrected chi connectivity index (χ1v) is 11.2. The molecule has 0 aliphatic rings. The zero-order valence-electron chi connectivity index (χ0n) is 19.7. The third-order valence-electron chi connectivity index (χ3n) is 5.98. The van der Waals surface area contributed by atoms with Gasteiger partial charge < -0.3 is 19.4 Å². The SMILES string of the molecule is COc1ccc(Cn2cnc3c4cc(F)ccc4n(CC(=O)Nc4ccccc4OC)c3c2=O)cc1. The number of rotatable bonds is 7. The molecule has 1 amide bonds. The number of hydrogen-bond donors (Lipinski definition) is 1. The minimum absolute atomic E-state index is 0.173. The molecule has 0 aliphatic carbocycles. The molecule has 0 saturated carbocycles. The van der Waals surface area contributed by atoms with E-state index in [1.165, 1.54) is 30.1 Å². The average molecular weight is 487 g/mol. The number of halogens is 1. The van der Waals surface area contributed by atoms with E-state index >= 15 is 0 Å². The number of amides is 1. The predicted molar refractivity (Wildman–Crippen MR) is 135 cm³/mol. The van der Waals surface area contributed by atoms with Crippen molar-refractivity contribution in [3.8, 4) is 11.5 Å². The molecular weight excluding hydrogens is 463 g/mol. The molecule has 3 aromatic carbocycles. The van der Waals surface area contributed by atoms with Crippen molar-refractivity contribution in [1.29, 1.82) is 0 Å². The molecule has 2 aromatic heterocycles. The standard InChI is InChI=1S/C27H23FN4O4/c1-35-19-10-7-17(8-11-19)14-31-16-29-25-20-13-18(28)9-12-22(20)32(26(25)27(31)34)15-24(33)30-21-5-3-4-6-23(21)36-2/h3-13,16H,14-15H2,1-2H3,(H,30,33). The van der Waals surface area contributed by atoms with Crippen LogP contribution in [0, 0.1) is 5.82 Å². The third-order valence-corrected chi connectivity index (χ3v) is 5.98. The maximum Gasteiger partial charge on any atom is 0.278 e. The molecule has 5 rings (SSSR count). The summed E-state index contributed by atoms with van der Waals surface area (Å²) >= 11 is 0. The summed E-state index contributed by atoms with van der Waals surface area (Å²) in [6, 6.07) is 18.6. The summed E-state index contributed by atoms with van der Waals surface area (Å²) in [4.78, 5) is 31.1. The Balaban J connectivity index is 1.57. The molecule has 0 aliphatic heterocycles. The van der Waals surface area contributed by atoms with E-state index in [2.05, 4.69) is 10.3 Å². The number of para-hydroxylation sites is 2. The average Bonchev–Trinajstić information content (AvgIpc) is 3.19. The quantitative estimate of drug-likeness (QED) is 0.373. The van der Waals surface area contributed by atoms with Gasteiger partial charge in [-0.2, -0.15) is 0 Å². The number of carbonyl (C=O) groups excluding carboxylic acids is 1. The molecule has 36 heavy (non-hydrogen) atoms. The first-order valence-electron chi connectivity index (χ1n) is 11.2. The maximum atomic E-state index is 14.1. The van der Waals surface area contributed by atoms with Gasteiger partial charge in [-0.25, -0.2) is 9.37 Å².